The van der Waals surface area contributed by atoms with E-state index in [0.29, 0.717) is 12.6 Å². The lowest BCUT2D eigenvalue weighted by Crippen LogP contribution is -2.38. The van der Waals surface area contributed by atoms with Crippen LogP contribution < -0.4 is 24.8 Å². The standard InChI is InChI=1S/C25H20F5N3O4/c26-18-8-14(9-19(27)22(18)36-16-2-1-3-17(10-16)37-25(28,29)30)12-35-20-11-21-32(23(34)31-20)13-24-6-4-15(5-7-24)33(21)24/h1-3,8-11,15H,4-7,12-13H2. The summed E-state index contributed by atoms with van der Waals surface area (Å²) in [7, 11) is 0. The predicted molar refractivity (Wildman–Crippen MR) is 120 cm³/mol. The molecule has 0 spiro atoms. The Morgan fingerprint density at radius 1 is 1.03 bits per heavy atom. The van der Waals surface area contributed by atoms with Crippen LogP contribution >= 0.6 is 0 Å². The van der Waals surface area contributed by atoms with Gasteiger partial charge in [-0.3, -0.25) is 4.57 Å². The molecule has 0 unspecified atom stereocenters. The van der Waals surface area contributed by atoms with Crippen LogP contribution in [0.4, 0.5) is 27.8 Å². The van der Waals surface area contributed by atoms with Gasteiger partial charge in [-0.25, -0.2) is 13.6 Å². The van der Waals surface area contributed by atoms with E-state index in [1.165, 1.54) is 12.1 Å². The lowest BCUT2D eigenvalue weighted by atomic mass is 9.88. The summed E-state index contributed by atoms with van der Waals surface area (Å²) in [6.07, 6.45) is -0.701. The second-order valence-electron chi connectivity index (χ2n) is 9.45. The van der Waals surface area contributed by atoms with Crippen LogP contribution in [0.5, 0.6) is 23.1 Å². The van der Waals surface area contributed by atoms with Crippen molar-refractivity contribution >= 4 is 5.82 Å². The molecule has 2 bridgehead atoms. The van der Waals surface area contributed by atoms with Gasteiger partial charge in [-0.15, -0.1) is 13.2 Å². The molecule has 0 N–H and O–H groups in total. The minimum Gasteiger partial charge on any atom is -0.473 e. The number of fused-ring (bicyclic) bond motifs is 1. The van der Waals surface area contributed by atoms with Gasteiger partial charge >= 0.3 is 12.1 Å². The molecule has 3 aliphatic heterocycles. The topological polar surface area (TPSA) is 65.8 Å². The highest BCUT2D eigenvalue weighted by Crippen LogP contribution is 2.53. The zero-order valence-corrected chi connectivity index (χ0v) is 19.2. The lowest BCUT2D eigenvalue weighted by Gasteiger charge is -2.27. The summed E-state index contributed by atoms with van der Waals surface area (Å²) in [4.78, 5) is 18.9. The number of rotatable bonds is 6. The smallest absolute Gasteiger partial charge is 0.473 e. The highest BCUT2D eigenvalue weighted by atomic mass is 19.4. The van der Waals surface area contributed by atoms with E-state index >= 15 is 0 Å². The number of anilines is 1. The molecule has 2 aromatic carbocycles. The minimum atomic E-state index is -4.93. The molecule has 0 radical (unpaired) electrons. The van der Waals surface area contributed by atoms with E-state index in [1.807, 2.05) is 0 Å². The first kappa shape index (κ1) is 23.6. The zero-order valence-electron chi connectivity index (χ0n) is 19.2. The van der Waals surface area contributed by atoms with E-state index in [0.717, 1.165) is 55.8 Å². The number of aromatic nitrogens is 2. The van der Waals surface area contributed by atoms with Gasteiger partial charge in [-0.1, -0.05) is 6.07 Å². The summed E-state index contributed by atoms with van der Waals surface area (Å²) in [6, 6.07) is 8.34. The first-order valence-corrected chi connectivity index (χ1v) is 11.7. The van der Waals surface area contributed by atoms with Crippen LogP contribution in [0.2, 0.25) is 0 Å². The van der Waals surface area contributed by atoms with Crippen molar-refractivity contribution in [2.75, 3.05) is 4.90 Å². The summed E-state index contributed by atoms with van der Waals surface area (Å²) in [6.45, 7) is 0.335. The summed E-state index contributed by atoms with van der Waals surface area (Å²) >= 11 is 0. The van der Waals surface area contributed by atoms with E-state index < -0.39 is 35.2 Å². The van der Waals surface area contributed by atoms with E-state index in [2.05, 4.69) is 14.6 Å². The van der Waals surface area contributed by atoms with Gasteiger partial charge in [0.1, 0.15) is 23.9 Å². The van der Waals surface area contributed by atoms with Gasteiger partial charge in [0.15, 0.2) is 17.4 Å². The van der Waals surface area contributed by atoms with Crippen LogP contribution in [0, 0.1) is 11.6 Å². The van der Waals surface area contributed by atoms with Gasteiger partial charge in [-0.05, 0) is 55.5 Å². The Bertz CT molecular complexity index is 1410. The number of benzene rings is 2. The molecule has 0 atom stereocenters. The third kappa shape index (κ3) is 4.23. The monoisotopic (exact) mass is 521 g/mol. The van der Waals surface area contributed by atoms with Crippen molar-refractivity contribution in [2.24, 2.45) is 0 Å². The average molecular weight is 521 g/mol. The van der Waals surface area contributed by atoms with Crippen molar-refractivity contribution in [3.63, 3.8) is 0 Å². The fourth-order valence-corrected chi connectivity index (χ4v) is 5.68. The van der Waals surface area contributed by atoms with E-state index in [4.69, 9.17) is 9.47 Å². The van der Waals surface area contributed by atoms with Crippen LogP contribution in [-0.2, 0) is 13.2 Å². The largest absolute Gasteiger partial charge is 0.573 e. The van der Waals surface area contributed by atoms with E-state index in [1.54, 1.807) is 10.6 Å². The Balaban J connectivity index is 1.17. The summed E-state index contributed by atoms with van der Waals surface area (Å²) < 4.78 is 82.8. The number of alkyl halides is 3. The van der Waals surface area contributed by atoms with Crippen LogP contribution in [0.25, 0.3) is 0 Å². The maximum absolute atomic E-state index is 14.7. The average Bonchev–Trinajstić information content (AvgIpc) is 3.45. The molecular weight excluding hydrogens is 501 g/mol. The van der Waals surface area contributed by atoms with Crippen LogP contribution in [0.1, 0.15) is 31.2 Å². The molecule has 1 aromatic heterocycles. The Morgan fingerprint density at radius 2 is 1.73 bits per heavy atom. The quantitative estimate of drug-likeness (QED) is 0.410. The maximum Gasteiger partial charge on any atom is 0.573 e. The number of nitrogens with zero attached hydrogens (tertiary/aromatic N) is 3. The van der Waals surface area contributed by atoms with E-state index in [9.17, 15) is 26.7 Å². The Kier molecular flexibility index (Phi) is 5.32. The molecule has 2 fully saturated rings. The number of ether oxygens (including phenoxy) is 3. The van der Waals surface area contributed by atoms with Crippen molar-refractivity contribution in [3.05, 3.63) is 70.1 Å². The fraction of sp³-hybridized carbons (Fsp3) is 0.360. The second kappa shape index (κ2) is 8.35. The molecule has 7 nitrogen and oxygen atoms in total. The zero-order chi connectivity index (χ0) is 25.9. The molecule has 3 aromatic rings. The molecular formula is C25H20F5N3O4. The summed E-state index contributed by atoms with van der Waals surface area (Å²) in [5.41, 5.74) is -0.353. The number of hydrogen-bond donors (Lipinski definition) is 0. The minimum absolute atomic E-state index is 0.0302. The SMILES string of the molecule is O=c1nc(OCc2cc(F)c(Oc3cccc(OC(F)(F)F)c3)c(F)c2)cc2n1CC13CCC(CC1)N23. The molecule has 0 amide bonds. The third-order valence-electron chi connectivity index (χ3n) is 7.13. The lowest BCUT2D eigenvalue weighted by molar-refractivity contribution is -0.274. The molecule has 194 valence electrons. The van der Waals surface area contributed by atoms with Crippen molar-refractivity contribution in [1.29, 1.82) is 0 Å². The van der Waals surface area contributed by atoms with Gasteiger partial charge in [0.2, 0.25) is 5.88 Å². The maximum atomic E-state index is 14.7. The molecule has 3 aliphatic rings. The van der Waals surface area contributed by atoms with Gasteiger partial charge in [-0.2, -0.15) is 4.98 Å². The summed E-state index contributed by atoms with van der Waals surface area (Å²) in [5, 5.41) is 0. The van der Waals surface area contributed by atoms with Crippen LogP contribution in [0.3, 0.4) is 0 Å². The Labute approximate surface area is 207 Å². The second-order valence-corrected chi connectivity index (χ2v) is 9.45. The Hall–Kier alpha value is -3.83. The predicted octanol–water partition coefficient (Wildman–Crippen LogP) is 5.31. The highest BCUT2D eigenvalue weighted by molar-refractivity contribution is 5.54. The van der Waals surface area contributed by atoms with Gasteiger partial charge in [0.25, 0.3) is 0 Å². The first-order valence-electron chi connectivity index (χ1n) is 11.7. The van der Waals surface area contributed by atoms with Gasteiger partial charge in [0, 0.05) is 18.2 Å². The normalized spacial score (nSPS) is 21.6. The van der Waals surface area contributed by atoms with Crippen molar-refractivity contribution in [1.82, 2.24) is 9.55 Å². The Morgan fingerprint density at radius 3 is 2.43 bits per heavy atom. The van der Waals surface area contributed by atoms with Crippen molar-refractivity contribution in [2.45, 2.75) is 56.8 Å². The molecule has 4 heterocycles. The highest BCUT2D eigenvalue weighted by Gasteiger charge is 2.56. The van der Waals surface area contributed by atoms with Gasteiger partial charge < -0.3 is 19.1 Å². The summed E-state index contributed by atoms with van der Waals surface area (Å²) in [5.74, 6) is -3.00. The van der Waals surface area contributed by atoms with E-state index in [-0.39, 0.29) is 29.3 Å². The van der Waals surface area contributed by atoms with Crippen molar-refractivity contribution in [3.8, 4) is 23.1 Å². The van der Waals surface area contributed by atoms with Crippen molar-refractivity contribution < 1.29 is 36.2 Å². The molecule has 6 rings (SSSR count). The van der Waals surface area contributed by atoms with Crippen LogP contribution in [-0.4, -0.2) is 27.5 Å². The molecule has 0 saturated carbocycles. The molecule has 2 saturated heterocycles. The number of hydrogen-bond acceptors (Lipinski definition) is 6. The fourth-order valence-electron chi connectivity index (χ4n) is 5.68. The van der Waals surface area contributed by atoms with Crippen LogP contribution in [0.15, 0.2) is 47.3 Å². The molecule has 37 heavy (non-hydrogen) atoms. The first-order chi connectivity index (χ1) is 17.6. The number of halogens is 5. The third-order valence-corrected chi connectivity index (χ3v) is 7.13. The molecule has 12 heteroatoms. The molecule has 0 aliphatic carbocycles. The van der Waals surface area contributed by atoms with Gasteiger partial charge in [0.05, 0.1) is 12.1 Å².